The lowest BCUT2D eigenvalue weighted by atomic mass is 9.94. The molecule has 0 bridgehead atoms. The molecular formula is C19H20N4O2. The molecule has 0 radical (unpaired) electrons. The number of ether oxygens (including phenoxy) is 1. The molecule has 4 rings (SSSR count). The van der Waals surface area contributed by atoms with Gasteiger partial charge in [-0.1, -0.05) is 12.1 Å². The van der Waals surface area contributed by atoms with Crippen LogP contribution in [0.3, 0.4) is 0 Å². The summed E-state index contributed by atoms with van der Waals surface area (Å²) in [5, 5.41) is 4.33. The molecule has 0 spiro atoms. The Balaban J connectivity index is 1.67. The number of hydrogen-bond acceptors (Lipinski definition) is 4. The van der Waals surface area contributed by atoms with Gasteiger partial charge >= 0.3 is 0 Å². The van der Waals surface area contributed by atoms with Gasteiger partial charge in [0.2, 0.25) is 0 Å². The van der Waals surface area contributed by atoms with Crippen LogP contribution in [0.25, 0.3) is 5.65 Å². The molecule has 1 amide bonds. The quantitative estimate of drug-likeness (QED) is 0.738. The predicted molar refractivity (Wildman–Crippen MR) is 93.8 cm³/mol. The lowest BCUT2D eigenvalue weighted by Gasteiger charge is -2.41. The molecule has 1 fully saturated rings. The van der Waals surface area contributed by atoms with Crippen LogP contribution in [-0.4, -0.2) is 39.1 Å². The molecule has 25 heavy (non-hydrogen) atoms. The normalized spacial score (nSPS) is 16.8. The highest BCUT2D eigenvalue weighted by Crippen LogP contribution is 2.36. The van der Waals surface area contributed by atoms with Crippen LogP contribution in [0.5, 0.6) is 5.75 Å². The van der Waals surface area contributed by atoms with E-state index in [4.69, 9.17) is 4.74 Å². The summed E-state index contributed by atoms with van der Waals surface area (Å²) in [7, 11) is 1.65. The molecule has 6 heteroatoms. The molecule has 3 aromatic rings. The Morgan fingerprint density at radius 2 is 2.12 bits per heavy atom. The van der Waals surface area contributed by atoms with Crippen molar-refractivity contribution in [2.75, 3.05) is 13.7 Å². The van der Waals surface area contributed by atoms with Crippen LogP contribution in [0.2, 0.25) is 0 Å². The molecule has 6 nitrogen and oxygen atoms in total. The van der Waals surface area contributed by atoms with Crippen molar-refractivity contribution in [1.29, 1.82) is 0 Å². The van der Waals surface area contributed by atoms with Crippen molar-refractivity contribution in [2.24, 2.45) is 0 Å². The van der Waals surface area contributed by atoms with Gasteiger partial charge in [0.25, 0.3) is 5.91 Å². The van der Waals surface area contributed by atoms with Crippen LogP contribution in [0.1, 0.15) is 39.8 Å². The summed E-state index contributed by atoms with van der Waals surface area (Å²) in [6, 6.07) is 9.93. The summed E-state index contributed by atoms with van der Waals surface area (Å²) in [5.74, 6) is 0.785. The Labute approximate surface area is 146 Å². The molecule has 1 aliphatic rings. The minimum Gasteiger partial charge on any atom is -0.497 e. The van der Waals surface area contributed by atoms with Gasteiger partial charge < -0.3 is 9.64 Å². The highest BCUT2D eigenvalue weighted by atomic mass is 16.5. The first-order valence-corrected chi connectivity index (χ1v) is 8.35. The molecule has 1 unspecified atom stereocenters. The molecule has 0 N–H and O–H groups in total. The number of nitrogens with zero attached hydrogens (tertiary/aromatic N) is 4. The summed E-state index contributed by atoms with van der Waals surface area (Å²) >= 11 is 0. The summed E-state index contributed by atoms with van der Waals surface area (Å²) in [6.45, 7) is 4.63. The number of carbonyl (C=O) groups excluding carboxylic acids is 1. The van der Waals surface area contributed by atoms with Crippen LogP contribution >= 0.6 is 0 Å². The third-order valence-corrected chi connectivity index (χ3v) is 4.77. The van der Waals surface area contributed by atoms with Gasteiger partial charge in [0, 0.05) is 17.9 Å². The van der Waals surface area contributed by atoms with Gasteiger partial charge in [0.1, 0.15) is 11.3 Å². The van der Waals surface area contributed by atoms with Gasteiger partial charge in [-0.15, -0.1) is 0 Å². The monoisotopic (exact) mass is 336 g/mol. The Hall–Kier alpha value is -2.89. The number of aromatic nitrogens is 3. The van der Waals surface area contributed by atoms with E-state index in [0.29, 0.717) is 11.2 Å². The van der Waals surface area contributed by atoms with Crippen molar-refractivity contribution in [3.63, 3.8) is 0 Å². The van der Waals surface area contributed by atoms with Crippen molar-refractivity contribution in [2.45, 2.75) is 26.3 Å². The minimum atomic E-state index is -0.0217. The molecule has 1 saturated heterocycles. The fraction of sp³-hybridized carbons (Fsp3) is 0.316. The summed E-state index contributed by atoms with van der Waals surface area (Å²) in [4.78, 5) is 19.5. The number of aryl methyl sites for hydroxylation is 2. The van der Waals surface area contributed by atoms with Crippen LogP contribution in [0.4, 0.5) is 0 Å². The summed E-state index contributed by atoms with van der Waals surface area (Å²) < 4.78 is 7.02. The molecular weight excluding hydrogens is 316 g/mol. The number of hydrogen-bond donors (Lipinski definition) is 0. The predicted octanol–water partition coefficient (Wildman–Crippen LogP) is 2.94. The Morgan fingerprint density at radius 1 is 1.28 bits per heavy atom. The third-order valence-electron chi connectivity index (χ3n) is 4.77. The lowest BCUT2D eigenvalue weighted by Crippen LogP contribution is -2.45. The SMILES string of the molecule is COc1cccc(C2CCN2C(=O)c2cnn3c(C)cc(C)nc23)c1. The number of likely N-dealkylation sites (tertiary alicyclic amines) is 1. The van der Waals surface area contributed by atoms with Gasteiger partial charge in [-0.05, 0) is 44.0 Å². The van der Waals surface area contributed by atoms with E-state index in [9.17, 15) is 4.79 Å². The topological polar surface area (TPSA) is 59.7 Å². The standard InChI is InChI=1S/C19H20N4O2/c1-12-9-13(2)23-18(21-12)16(11-20-23)19(24)22-8-7-17(22)14-5-4-6-15(10-14)25-3/h4-6,9-11,17H,7-8H2,1-3H3. The zero-order valence-electron chi connectivity index (χ0n) is 14.6. The number of rotatable bonds is 3. The molecule has 1 atom stereocenters. The number of benzene rings is 1. The Bertz CT molecular complexity index is 963. The van der Waals surface area contributed by atoms with Crippen molar-refractivity contribution in [3.05, 3.63) is 59.0 Å². The van der Waals surface area contributed by atoms with E-state index in [1.54, 1.807) is 17.8 Å². The lowest BCUT2D eigenvalue weighted by molar-refractivity contribution is 0.0461. The smallest absolute Gasteiger partial charge is 0.259 e. The average Bonchev–Trinajstić information content (AvgIpc) is 2.98. The first-order valence-electron chi connectivity index (χ1n) is 8.35. The van der Waals surface area contributed by atoms with Crippen molar-refractivity contribution in [1.82, 2.24) is 19.5 Å². The average molecular weight is 336 g/mol. The molecule has 128 valence electrons. The van der Waals surface area contributed by atoms with Gasteiger partial charge in [0.05, 0.1) is 19.3 Å². The minimum absolute atomic E-state index is 0.0217. The number of amides is 1. The molecule has 0 aliphatic carbocycles. The first-order chi connectivity index (χ1) is 12.1. The fourth-order valence-electron chi connectivity index (χ4n) is 3.40. The maximum atomic E-state index is 13.1. The number of carbonyl (C=O) groups is 1. The second-order valence-corrected chi connectivity index (χ2v) is 6.41. The van der Waals surface area contributed by atoms with Crippen LogP contribution in [0, 0.1) is 13.8 Å². The summed E-state index contributed by atoms with van der Waals surface area (Å²) in [6.07, 6.45) is 2.57. The number of methoxy groups -OCH3 is 1. The van der Waals surface area contributed by atoms with Crippen molar-refractivity contribution in [3.8, 4) is 5.75 Å². The molecule has 1 aliphatic heterocycles. The van der Waals surface area contributed by atoms with Crippen LogP contribution in [-0.2, 0) is 0 Å². The Morgan fingerprint density at radius 3 is 2.84 bits per heavy atom. The maximum Gasteiger partial charge on any atom is 0.259 e. The van der Waals surface area contributed by atoms with Gasteiger partial charge in [-0.2, -0.15) is 5.10 Å². The molecule has 1 aromatic carbocycles. The highest BCUT2D eigenvalue weighted by molar-refractivity contribution is 6.00. The first kappa shape index (κ1) is 15.6. The van der Waals surface area contributed by atoms with E-state index in [-0.39, 0.29) is 11.9 Å². The van der Waals surface area contributed by atoms with Gasteiger partial charge in [0.15, 0.2) is 5.65 Å². The largest absolute Gasteiger partial charge is 0.497 e. The second kappa shape index (κ2) is 5.88. The number of fused-ring (bicyclic) bond motifs is 1. The van der Waals surface area contributed by atoms with Crippen LogP contribution in [0.15, 0.2) is 36.5 Å². The maximum absolute atomic E-state index is 13.1. The second-order valence-electron chi connectivity index (χ2n) is 6.41. The van der Waals surface area contributed by atoms with Gasteiger partial charge in [-0.25, -0.2) is 9.50 Å². The van der Waals surface area contributed by atoms with E-state index in [1.165, 1.54) is 0 Å². The van der Waals surface area contributed by atoms with E-state index in [2.05, 4.69) is 10.1 Å². The zero-order chi connectivity index (χ0) is 17.6. The third kappa shape index (κ3) is 2.54. The molecule has 3 heterocycles. The summed E-state index contributed by atoms with van der Waals surface area (Å²) in [5.41, 5.74) is 4.12. The Kier molecular flexibility index (Phi) is 3.67. The van der Waals surface area contributed by atoms with Crippen molar-refractivity contribution >= 4 is 11.6 Å². The highest BCUT2D eigenvalue weighted by Gasteiger charge is 2.35. The van der Waals surface area contributed by atoms with E-state index < -0.39 is 0 Å². The van der Waals surface area contributed by atoms with Gasteiger partial charge in [-0.3, -0.25) is 4.79 Å². The van der Waals surface area contributed by atoms with Crippen molar-refractivity contribution < 1.29 is 9.53 Å². The van der Waals surface area contributed by atoms with Crippen LogP contribution < -0.4 is 4.74 Å². The molecule has 2 aromatic heterocycles. The van der Waals surface area contributed by atoms with E-state index >= 15 is 0 Å². The zero-order valence-corrected chi connectivity index (χ0v) is 14.6. The van der Waals surface area contributed by atoms with E-state index in [1.807, 2.05) is 49.1 Å². The molecule has 0 saturated carbocycles. The van der Waals surface area contributed by atoms with E-state index in [0.717, 1.165) is 35.7 Å². The fourth-order valence-corrected chi connectivity index (χ4v) is 3.40.